The summed E-state index contributed by atoms with van der Waals surface area (Å²) in [6.45, 7) is 4.64. The summed E-state index contributed by atoms with van der Waals surface area (Å²) in [4.78, 5) is 19.5. The maximum atomic E-state index is 12.8. The highest BCUT2D eigenvalue weighted by atomic mass is 35.5. The first-order valence-corrected chi connectivity index (χ1v) is 13.0. The van der Waals surface area contributed by atoms with Crippen molar-refractivity contribution in [2.45, 2.75) is 32.4 Å². The summed E-state index contributed by atoms with van der Waals surface area (Å²) in [5.41, 5.74) is 5.86. The van der Waals surface area contributed by atoms with Gasteiger partial charge in [-0.2, -0.15) is 0 Å². The van der Waals surface area contributed by atoms with Crippen LogP contribution in [0.3, 0.4) is 0 Å². The third-order valence-electron chi connectivity index (χ3n) is 6.72. The van der Waals surface area contributed by atoms with Gasteiger partial charge in [0.1, 0.15) is 0 Å². The van der Waals surface area contributed by atoms with E-state index in [0.29, 0.717) is 23.1 Å². The van der Waals surface area contributed by atoms with Crippen LogP contribution in [-0.4, -0.2) is 32.0 Å². The molecule has 0 aliphatic carbocycles. The largest absolute Gasteiger partial charge is 0.352 e. The summed E-state index contributed by atoms with van der Waals surface area (Å²) in [7, 11) is 0. The standard InChI is InChI=1S/C29H28ClN5OS/c1-19-18-22(20(2)35(19)25-14-7-6-12-23(25)30)28-27(24-13-8-9-16-31-24)33-29(37)34(28)17-15-26(36)32-21-10-4-3-5-11-21/h3-14,16,18,27-28H,15,17H2,1-2H3,(H,32,36)(H,33,37)/t27-,28-/m0/s1. The number of carbonyl (C=O) groups is 1. The lowest BCUT2D eigenvalue weighted by Crippen LogP contribution is -2.32. The van der Waals surface area contributed by atoms with Crippen molar-refractivity contribution in [3.05, 3.63) is 113 Å². The highest BCUT2D eigenvalue weighted by Gasteiger charge is 2.41. The number of carbonyl (C=O) groups excluding carboxylic acids is 1. The van der Waals surface area contributed by atoms with Gasteiger partial charge in [0.15, 0.2) is 5.11 Å². The number of thiocarbonyl (C=S) groups is 1. The molecule has 6 nitrogen and oxygen atoms in total. The summed E-state index contributed by atoms with van der Waals surface area (Å²) in [6.07, 6.45) is 2.09. The van der Waals surface area contributed by atoms with Crippen LogP contribution in [0.2, 0.25) is 5.02 Å². The number of para-hydroxylation sites is 2. The molecule has 5 rings (SSSR count). The summed E-state index contributed by atoms with van der Waals surface area (Å²) in [6, 6.07) is 25.1. The van der Waals surface area contributed by atoms with Gasteiger partial charge in [0.25, 0.3) is 0 Å². The number of halogens is 1. The number of nitrogens with zero attached hydrogens (tertiary/aromatic N) is 3. The van der Waals surface area contributed by atoms with E-state index in [2.05, 4.69) is 45.0 Å². The Labute approximate surface area is 227 Å². The number of pyridine rings is 1. The van der Waals surface area contributed by atoms with Crippen molar-refractivity contribution in [3.8, 4) is 5.69 Å². The van der Waals surface area contributed by atoms with Gasteiger partial charge in [-0.1, -0.05) is 48.0 Å². The molecule has 37 heavy (non-hydrogen) atoms. The Morgan fingerprint density at radius 2 is 1.78 bits per heavy atom. The van der Waals surface area contributed by atoms with Crippen LogP contribution in [0, 0.1) is 13.8 Å². The average Bonchev–Trinajstić information content (AvgIpc) is 3.38. The second kappa shape index (κ2) is 10.7. The van der Waals surface area contributed by atoms with E-state index >= 15 is 0 Å². The normalized spacial score (nSPS) is 17.1. The molecular weight excluding hydrogens is 502 g/mol. The van der Waals surface area contributed by atoms with Gasteiger partial charge in [0, 0.05) is 36.2 Å². The minimum Gasteiger partial charge on any atom is -0.352 e. The van der Waals surface area contributed by atoms with Crippen molar-refractivity contribution >= 4 is 40.5 Å². The topological polar surface area (TPSA) is 62.2 Å². The fourth-order valence-electron chi connectivity index (χ4n) is 5.04. The fourth-order valence-corrected chi connectivity index (χ4v) is 5.59. The van der Waals surface area contributed by atoms with Gasteiger partial charge in [0.2, 0.25) is 5.91 Å². The van der Waals surface area contributed by atoms with Gasteiger partial charge in [-0.15, -0.1) is 0 Å². The van der Waals surface area contributed by atoms with Crippen molar-refractivity contribution in [2.75, 3.05) is 11.9 Å². The molecule has 188 valence electrons. The third-order valence-corrected chi connectivity index (χ3v) is 7.39. The van der Waals surface area contributed by atoms with Gasteiger partial charge >= 0.3 is 0 Å². The highest BCUT2D eigenvalue weighted by molar-refractivity contribution is 7.80. The first kappa shape index (κ1) is 25.0. The van der Waals surface area contributed by atoms with E-state index in [9.17, 15) is 4.79 Å². The summed E-state index contributed by atoms with van der Waals surface area (Å²) in [5.74, 6) is -0.0597. The Bertz CT molecular complexity index is 1420. The van der Waals surface area contributed by atoms with E-state index in [1.54, 1.807) is 6.20 Å². The molecule has 0 radical (unpaired) electrons. The molecule has 0 saturated carbocycles. The first-order chi connectivity index (χ1) is 17.9. The van der Waals surface area contributed by atoms with Crippen LogP contribution in [0.1, 0.15) is 41.1 Å². The molecule has 1 amide bonds. The Kier molecular flexibility index (Phi) is 7.26. The van der Waals surface area contributed by atoms with Gasteiger partial charge in [-0.25, -0.2) is 0 Å². The lowest BCUT2D eigenvalue weighted by molar-refractivity contribution is -0.116. The van der Waals surface area contributed by atoms with Gasteiger partial charge in [-0.05, 0) is 74.1 Å². The number of amides is 1. The average molecular weight is 530 g/mol. The molecule has 2 atom stereocenters. The maximum Gasteiger partial charge on any atom is 0.226 e. The van der Waals surface area contributed by atoms with E-state index in [4.69, 9.17) is 23.8 Å². The van der Waals surface area contributed by atoms with Gasteiger partial charge in [0.05, 0.1) is 28.5 Å². The molecule has 0 spiro atoms. The van der Waals surface area contributed by atoms with Crippen molar-refractivity contribution in [1.29, 1.82) is 0 Å². The fraction of sp³-hybridized carbons (Fsp3) is 0.207. The van der Waals surface area contributed by atoms with Crippen LogP contribution < -0.4 is 10.6 Å². The molecule has 2 N–H and O–H groups in total. The first-order valence-electron chi connectivity index (χ1n) is 12.2. The minimum atomic E-state index is -0.161. The zero-order valence-corrected chi connectivity index (χ0v) is 22.3. The number of anilines is 1. The zero-order chi connectivity index (χ0) is 25.9. The molecule has 1 saturated heterocycles. The van der Waals surface area contributed by atoms with E-state index in [1.807, 2.05) is 72.8 Å². The summed E-state index contributed by atoms with van der Waals surface area (Å²) >= 11 is 12.4. The predicted octanol–water partition coefficient (Wildman–Crippen LogP) is 6.14. The Morgan fingerprint density at radius 1 is 1.05 bits per heavy atom. The Hall–Kier alpha value is -3.68. The van der Waals surface area contributed by atoms with Crippen LogP contribution in [0.5, 0.6) is 0 Å². The number of rotatable bonds is 7. The van der Waals surface area contributed by atoms with Crippen LogP contribution >= 0.6 is 23.8 Å². The Balaban J connectivity index is 1.49. The summed E-state index contributed by atoms with van der Waals surface area (Å²) < 4.78 is 2.18. The number of aryl methyl sites for hydroxylation is 1. The zero-order valence-electron chi connectivity index (χ0n) is 20.7. The monoisotopic (exact) mass is 529 g/mol. The Morgan fingerprint density at radius 3 is 2.51 bits per heavy atom. The van der Waals surface area contributed by atoms with Crippen molar-refractivity contribution < 1.29 is 4.79 Å². The molecule has 1 fully saturated rings. The number of benzene rings is 2. The van der Waals surface area contributed by atoms with Crippen molar-refractivity contribution in [1.82, 2.24) is 19.8 Å². The van der Waals surface area contributed by atoms with Crippen LogP contribution in [0.4, 0.5) is 5.69 Å². The number of nitrogens with one attached hydrogen (secondary N) is 2. The van der Waals surface area contributed by atoms with Crippen molar-refractivity contribution in [3.63, 3.8) is 0 Å². The van der Waals surface area contributed by atoms with Crippen LogP contribution in [-0.2, 0) is 4.79 Å². The molecule has 1 aliphatic heterocycles. The van der Waals surface area contributed by atoms with Gasteiger partial charge < -0.3 is 20.1 Å². The van der Waals surface area contributed by atoms with E-state index in [1.165, 1.54) is 0 Å². The van der Waals surface area contributed by atoms with Crippen LogP contribution in [0.15, 0.2) is 85.1 Å². The second-order valence-corrected chi connectivity index (χ2v) is 9.89. The molecule has 3 heterocycles. The molecular formula is C29H28ClN5OS. The molecule has 0 unspecified atom stereocenters. The number of hydrogen-bond acceptors (Lipinski definition) is 3. The number of hydrogen-bond donors (Lipinski definition) is 2. The molecule has 0 bridgehead atoms. The minimum absolute atomic E-state index is 0.0597. The third kappa shape index (κ3) is 5.10. The molecule has 2 aromatic heterocycles. The maximum absolute atomic E-state index is 12.8. The lowest BCUT2D eigenvalue weighted by atomic mass is 9.96. The van der Waals surface area contributed by atoms with E-state index in [0.717, 1.165) is 34.0 Å². The van der Waals surface area contributed by atoms with Crippen molar-refractivity contribution in [2.24, 2.45) is 0 Å². The summed E-state index contributed by atoms with van der Waals surface area (Å²) in [5, 5.41) is 7.74. The lowest BCUT2D eigenvalue weighted by Gasteiger charge is -2.28. The SMILES string of the molecule is Cc1cc([C@H]2[C@H](c3ccccn3)NC(=S)N2CCC(=O)Nc2ccccc2)c(C)n1-c1ccccc1Cl. The highest BCUT2D eigenvalue weighted by Crippen LogP contribution is 2.41. The predicted molar refractivity (Wildman–Crippen MR) is 152 cm³/mol. The second-order valence-electron chi connectivity index (χ2n) is 9.10. The van der Waals surface area contributed by atoms with Gasteiger partial charge in [-0.3, -0.25) is 9.78 Å². The molecule has 1 aliphatic rings. The van der Waals surface area contributed by atoms with E-state index in [-0.39, 0.29) is 18.0 Å². The molecule has 4 aromatic rings. The quantitative estimate of drug-likeness (QED) is 0.281. The molecule has 8 heteroatoms. The van der Waals surface area contributed by atoms with Crippen LogP contribution in [0.25, 0.3) is 5.69 Å². The smallest absolute Gasteiger partial charge is 0.226 e. The molecule has 2 aromatic carbocycles. The van der Waals surface area contributed by atoms with E-state index < -0.39 is 0 Å². The number of aromatic nitrogens is 2.